The van der Waals surface area contributed by atoms with E-state index in [0.29, 0.717) is 29.7 Å². The highest BCUT2D eigenvalue weighted by molar-refractivity contribution is 6.42. The van der Waals surface area contributed by atoms with E-state index >= 15 is 0 Å². The van der Waals surface area contributed by atoms with Crippen LogP contribution in [0.15, 0.2) is 48.5 Å². The van der Waals surface area contributed by atoms with Gasteiger partial charge in [0.2, 0.25) is 0 Å². The van der Waals surface area contributed by atoms with Crippen LogP contribution >= 0.6 is 23.2 Å². The normalized spacial score (nSPS) is 19.7. The molecular formula is C22H27Cl2N3O2. The minimum absolute atomic E-state index is 0.0232. The molecular weight excluding hydrogens is 409 g/mol. The Morgan fingerprint density at radius 1 is 1.10 bits per heavy atom. The van der Waals surface area contributed by atoms with Crippen LogP contribution in [0.2, 0.25) is 10.0 Å². The monoisotopic (exact) mass is 435 g/mol. The Morgan fingerprint density at radius 2 is 1.90 bits per heavy atom. The molecule has 3 rings (SSSR count). The Bertz CT molecular complexity index is 804. The quantitative estimate of drug-likeness (QED) is 0.695. The molecule has 1 aliphatic heterocycles. The molecule has 29 heavy (non-hydrogen) atoms. The topological polar surface area (TPSA) is 53.6 Å². The lowest BCUT2D eigenvalue weighted by Gasteiger charge is -2.37. The van der Waals surface area contributed by atoms with E-state index in [4.69, 9.17) is 27.9 Å². The number of benzene rings is 2. The maximum absolute atomic E-state index is 12.0. The molecule has 1 aliphatic rings. The summed E-state index contributed by atoms with van der Waals surface area (Å²) in [5.74, 6) is 0. The Morgan fingerprint density at radius 3 is 2.62 bits per heavy atom. The summed E-state index contributed by atoms with van der Waals surface area (Å²) in [5, 5.41) is 6.93. The third-order valence-electron chi connectivity index (χ3n) is 5.13. The van der Waals surface area contributed by atoms with Crippen molar-refractivity contribution in [3.63, 3.8) is 0 Å². The van der Waals surface area contributed by atoms with Crippen molar-refractivity contribution < 1.29 is 9.53 Å². The first kappa shape index (κ1) is 21.9. The van der Waals surface area contributed by atoms with Crippen molar-refractivity contribution in [1.29, 1.82) is 0 Å². The predicted molar refractivity (Wildman–Crippen MR) is 118 cm³/mol. The van der Waals surface area contributed by atoms with E-state index in [9.17, 15) is 4.79 Å². The van der Waals surface area contributed by atoms with Crippen LogP contribution in [0.4, 0.5) is 4.79 Å². The standard InChI is InChI=1S/C22H27Cl2N3O2/c1-27-14-19(13-26-22(28)25-10-9-16-5-3-2-4-6-16)29-15-18(27)11-17-7-8-20(23)21(24)12-17/h2-8,12,18-19H,9-11,13-15H2,1H3,(H2,25,26,28). The van der Waals surface area contributed by atoms with Gasteiger partial charge in [0.1, 0.15) is 0 Å². The number of rotatable bonds is 7. The summed E-state index contributed by atoms with van der Waals surface area (Å²) in [6.07, 6.45) is 1.63. The van der Waals surface area contributed by atoms with E-state index in [1.54, 1.807) is 0 Å². The first-order chi connectivity index (χ1) is 14.0. The lowest BCUT2D eigenvalue weighted by Crippen LogP contribution is -2.52. The number of carbonyl (C=O) groups excluding carboxylic acids is 1. The van der Waals surface area contributed by atoms with Crippen molar-refractivity contribution in [3.8, 4) is 0 Å². The molecule has 2 unspecified atom stereocenters. The number of likely N-dealkylation sites (N-methyl/N-ethyl adjacent to an activating group) is 1. The smallest absolute Gasteiger partial charge is 0.314 e. The van der Waals surface area contributed by atoms with Crippen molar-refractivity contribution in [2.75, 3.05) is 33.3 Å². The molecule has 2 amide bonds. The summed E-state index contributed by atoms with van der Waals surface area (Å²) < 4.78 is 5.97. The lowest BCUT2D eigenvalue weighted by molar-refractivity contribution is -0.0506. The second-order valence-electron chi connectivity index (χ2n) is 7.37. The molecule has 7 heteroatoms. The van der Waals surface area contributed by atoms with Crippen LogP contribution < -0.4 is 10.6 Å². The number of amides is 2. The van der Waals surface area contributed by atoms with E-state index in [2.05, 4.69) is 34.7 Å². The van der Waals surface area contributed by atoms with E-state index < -0.39 is 0 Å². The number of urea groups is 1. The SMILES string of the molecule is CN1CC(CNC(=O)NCCc2ccccc2)OCC1Cc1ccc(Cl)c(Cl)c1. The summed E-state index contributed by atoms with van der Waals surface area (Å²) in [7, 11) is 2.08. The molecule has 5 nitrogen and oxygen atoms in total. The summed E-state index contributed by atoms with van der Waals surface area (Å²) in [5.41, 5.74) is 2.34. The Balaban J connectivity index is 1.36. The van der Waals surface area contributed by atoms with Crippen LogP contribution in [0.1, 0.15) is 11.1 Å². The fraction of sp³-hybridized carbons (Fsp3) is 0.409. The molecule has 1 saturated heterocycles. The van der Waals surface area contributed by atoms with Gasteiger partial charge in [0.25, 0.3) is 0 Å². The zero-order valence-electron chi connectivity index (χ0n) is 16.5. The largest absolute Gasteiger partial charge is 0.373 e. The summed E-state index contributed by atoms with van der Waals surface area (Å²) >= 11 is 12.1. The number of morpholine rings is 1. The van der Waals surface area contributed by atoms with Gasteiger partial charge in [-0.3, -0.25) is 4.90 Å². The van der Waals surface area contributed by atoms with Crippen LogP contribution in [0.25, 0.3) is 0 Å². The molecule has 2 atom stereocenters. The highest BCUT2D eigenvalue weighted by Crippen LogP contribution is 2.24. The average molecular weight is 436 g/mol. The minimum Gasteiger partial charge on any atom is -0.373 e. The van der Waals surface area contributed by atoms with Crippen LogP contribution in [0, 0.1) is 0 Å². The zero-order valence-corrected chi connectivity index (χ0v) is 18.0. The number of hydrogen-bond donors (Lipinski definition) is 2. The number of halogens is 2. The van der Waals surface area contributed by atoms with Crippen molar-refractivity contribution >= 4 is 29.2 Å². The van der Waals surface area contributed by atoms with Crippen molar-refractivity contribution in [2.45, 2.75) is 25.0 Å². The predicted octanol–water partition coefficient (Wildman–Crippen LogP) is 3.78. The number of hydrogen-bond acceptors (Lipinski definition) is 3. The van der Waals surface area contributed by atoms with Crippen molar-refractivity contribution in [1.82, 2.24) is 15.5 Å². The van der Waals surface area contributed by atoms with Crippen LogP contribution in [-0.4, -0.2) is 56.4 Å². The number of carbonyl (C=O) groups is 1. The highest BCUT2D eigenvalue weighted by atomic mass is 35.5. The zero-order chi connectivity index (χ0) is 20.6. The van der Waals surface area contributed by atoms with Gasteiger partial charge < -0.3 is 15.4 Å². The van der Waals surface area contributed by atoms with Gasteiger partial charge in [-0.1, -0.05) is 59.6 Å². The van der Waals surface area contributed by atoms with Gasteiger partial charge in [-0.25, -0.2) is 4.79 Å². The molecule has 0 aliphatic carbocycles. The molecule has 2 aromatic carbocycles. The van der Waals surface area contributed by atoms with Crippen LogP contribution in [0.3, 0.4) is 0 Å². The third-order valence-corrected chi connectivity index (χ3v) is 5.87. The van der Waals surface area contributed by atoms with Gasteiger partial charge in [0, 0.05) is 25.7 Å². The number of ether oxygens (including phenoxy) is 1. The van der Waals surface area contributed by atoms with Crippen molar-refractivity contribution in [2.24, 2.45) is 0 Å². The van der Waals surface area contributed by atoms with E-state index in [0.717, 1.165) is 24.9 Å². The summed E-state index contributed by atoms with van der Waals surface area (Å²) in [6, 6.07) is 15.9. The van der Waals surface area contributed by atoms with Gasteiger partial charge in [-0.05, 0) is 43.1 Å². The number of nitrogens with one attached hydrogen (secondary N) is 2. The molecule has 0 spiro atoms. The van der Waals surface area contributed by atoms with E-state index in [-0.39, 0.29) is 18.2 Å². The maximum atomic E-state index is 12.0. The Labute approximate surface area is 182 Å². The van der Waals surface area contributed by atoms with Gasteiger partial charge in [0.05, 0.1) is 22.8 Å². The summed E-state index contributed by atoms with van der Waals surface area (Å²) in [6.45, 7) is 2.46. The molecule has 0 saturated carbocycles. The lowest BCUT2D eigenvalue weighted by atomic mass is 10.0. The van der Waals surface area contributed by atoms with Crippen LogP contribution in [-0.2, 0) is 17.6 Å². The molecule has 2 N–H and O–H groups in total. The second-order valence-corrected chi connectivity index (χ2v) is 8.19. The van der Waals surface area contributed by atoms with Gasteiger partial charge in [-0.15, -0.1) is 0 Å². The summed E-state index contributed by atoms with van der Waals surface area (Å²) in [4.78, 5) is 14.3. The first-order valence-corrected chi connectivity index (χ1v) is 10.6. The maximum Gasteiger partial charge on any atom is 0.314 e. The average Bonchev–Trinajstić information content (AvgIpc) is 2.72. The Hall–Kier alpha value is -1.79. The first-order valence-electron chi connectivity index (χ1n) is 9.82. The fourth-order valence-corrected chi connectivity index (χ4v) is 3.73. The Kier molecular flexibility index (Phi) is 8.19. The van der Waals surface area contributed by atoms with Crippen LogP contribution in [0.5, 0.6) is 0 Å². The fourth-order valence-electron chi connectivity index (χ4n) is 3.41. The van der Waals surface area contributed by atoms with Gasteiger partial charge in [0.15, 0.2) is 0 Å². The second kappa shape index (κ2) is 10.8. The molecule has 0 bridgehead atoms. The van der Waals surface area contributed by atoms with Gasteiger partial charge in [-0.2, -0.15) is 0 Å². The molecule has 0 radical (unpaired) electrons. The molecule has 0 aromatic heterocycles. The van der Waals surface area contributed by atoms with E-state index in [1.165, 1.54) is 5.56 Å². The molecule has 2 aromatic rings. The molecule has 1 heterocycles. The van der Waals surface area contributed by atoms with E-state index in [1.807, 2.05) is 36.4 Å². The highest BCUT2D eigenvalue weighted by Gasteiger charge is 2.26. The third kappa shape index (κ3) is 6.89. The van der Waals surface area contributed by atoms with Crippen molar-refractivity contribution in [3.05, 3.63) is 69.7 Å². The molecule has 1 fully saturated rings. The minimum atomic E-state index is -0.162. The number of nitrogens with zero attached hydrogens (tertiary/aromatic N) is 1. The molecule has 156 valence electrons. The van der Waals surface area contributed by atoms with Gasteiger partial charge >= 0.3 is 6.03 Å².